The first-order valence-corrected chi connectivity index (χ1v) is 15.4. The summed E-state index contributed by atoms with van der Waals surface area (Å²) in [4.78, 5) is 25.6. The van der Waals surface area contributed by atoms with E-state index in [0.29, 0.717) is 19.6 Å². The van der Waals surface area contributed by atoms with Gasteiger partial charge in [-0.1, -0.05) is 104 Å². The van der Waals surface area contributed by atoms with Crippen molar-refractivity contribution in [1.82, 2.24) is 10.2 Å². The average Bonchev–Trinajstić information content (AvgIpc) is 2.88. The van der Waals surface area contributed by atoms with Gasteiger partial charge < -0.3 is 20.1 Å². The second-order valence-corrected chi connectivity index (χ2v) is 10.3. The van der Waals surface area contributed by atoms with E-state index in [1.54, 1.807) is 0 Å². The molecule has 0 unspecified atom stereocenters. The molecule has 0 radical (unpaired) electrons. The summed E-state index contributed by atoms with van der Waals surface area (Å²) >= 11 is 0. The molecule has 0 spiro atoms. The summed E-state index contributed by atoms with van der Waals surface area (Å²) in [6, 6.07) is 0. The molecule has 36 heavy (non-hydrogen) atoms. The number of hydrogen-bond acceptors (Lipinski definition) is 5. The van der Waals surface area contributed by atoms with Gasteiger partial charge in [0.25, 0.3) is 0 Å². The Morgan fingerprint density at radius 1 is 0.639 bits per heavy atom. The molecule has 0 heterocycles. The van der Waals surface area contributed by atoms with Gasteiger partial charge in [-0.2, -0.15) is 0 Å². The molecule has 6 heteroatoms. The van der Waals surface area contributed by atoms with E-state index in [-0.39, 0.29) is 11.9 Å². The van der Waals surface area contributed by atoms with Crippen molar-refractivity contribution in [3.63, 3.8) is 0 Å². The maximum Gasteiger partial charge on any atom is 0.305 e. The Labute approximate surface area is 223 Å². The quantitative estimate of drug-likeness (QED) is 0.0892. The molecule has 0 aliphatic rings. The van der Waals surface area contributed by atoms with Crippen molar-refractivity contribution in [3.8, 4) is 0 Å². The van der Waals surface area contributed by atoms with Crippen molar-refractivity contribution in [2.75, 3.05) is 39.4 Å². The highest BCUT2D eigenvalue weighted by Gasteiger charge is 2.06. The second kappa shape index (κ2) is 28.4. The molecule has 0 atom stereocenters. The lowest BCUT2D eigenvalue weighted by atomic mass is 10.1. The van der Waals surface area contributed by atoms with Crippen molar-refractivity contribution in [1.29, 1.82) is 0 Å². The highest BCUT2D eigenvalue weighted by Crippen LogP contribution is 2.11. The van der Waals surface area contributed by atoms with E-state index in [0.717, 1.165) is 45.3 Å². The number of carbonyl (C=O) groups excluding carboxylic acids is 2. The lowest BCUT2D eigenvalue weighted by molar-refractivity contribution is -0.143. The maximum absolute atomic E-state index is 11.9. The van der Waals surface area contributed by atoms with Crippen molar-refractivity contribution in [2.24, 2.45) is 0 Å². The number of nitrogens with zero attached hydrogens (tertiary/aromatic N) is 1. The molecule has 0 rings (SSSR count). The number of esters is 1. The summed E-state index contributed by atoms with van der Waals surface area (Å²) in [6.45, 7) is 8.49. The predicted octanol–water partition coefficient (Wildman–Crippen LogP) is 6.78. The number of hydrogen-bond donors (Lipinski definition) is 2. The van der Waals surface area contributed by atoms with Gasteiger partial charge in [-0.25, -0.2) is 0 Å². The van der Waals surface area contributed by atoms with Crippen LogP contribution in [0.25, 0.3) is 0 Å². The van der Waals surface area contributed by atoms with Crippen LogP contribution in [0.3, 0.4) is 0 Å². The predicted molar refractivity (Wildman–Crippen MR) is 151 cm³/mol. The van der Waals surface area contributed by atoms with E-state index < -0.39 is 6.61 Å². The van der Waals surface area contributed by atoms with Crippen molar-refractivity contribution in [2.45, 2.75) is 142 Å². The minimum atomic E-state index is -0.432. The third-order valence-electron chi connectivity index (χ3n) is 6.81. The smallest absolute Gasteiger partial charge is 0.305 e. The van der Waals surface area contributed by atoms with Gasteiger partial charge in [-0.05, 0) is 51.7 Å². The first-order chi connectivity index (χ1) is 17.6. The Kier molecular flexibility index (Phi) is 27.5. The monoisotopic (exact) mass is 512 g/mol. The van der Waals surface area contributed by atoms with Gasteiger partial charge in [0, 0.05) is 13.0 Å². The van der Waals surface area contributed by atoms with E-state index in [1.165, 1.54) is 96.3 Å². The first kappa shape index (κ1) is 34.9. The lowest BCUT2D eigenvalue weighted by Gasteiger charge is -2.22. The van der Waals surface area contributed by atoms with Crippen molar-refractivity contribution in [3.05, 3.63) is 0 Å². The molecule has 0 aromatic heterocycles. The summed E-state index contributed by atoms with van der Waals surface area (Å²) in [5.74, 6) is -0.321. The molecule has 0 aromatic carbocycles. The molecular formula is C30H60N2O4. The largest absolute Gasteiger partial charge is 0.466 e. The van der Waals surface area contributed by atoms with Crippen LogP contribution in [0, 0.1) is 0 Å². The fourth-order valence-corrected chi connectivity index (χ4v) is 4.49. The van der Waals surface area contributed by atoms with Crippen LogP contribution in [0.15, 0.2) is 0 Å². The van der Waals surface area contributed by atoms with E-state index in [4.69, 9.17) is 9.84 Å². The number of aliphatic hydroxyl groups excluding tert-OH is 1. The van der Waals surface area contributed by atoms with Gasteiger partial charge in [0.2, 0.25) is 5.91 Å². The van der Waals surface area contributed by atoms with Gasteiger partial charge in [0.15, 0.2) is 0 Å². The van der Waals surface area contributed by atoms with Gasteiger partial charge in [-0.15, -0.1) is 0 Å². The fraction of sp³-hybridized carbons (Fsp3) is 0.933. The molecule has 0 saturated carbocycles. The molecule has 0 aliphatic carbocycles. The number of unbranched alkanes of at least 4 members (excludes halogenated alkanes) is 15. The Hall–Kier alpha value is -1.14. The zero-order chi connectivity index (χ0) is 26.5. The minimum Gasteiger partial charge on any atom is -0.466 e. The first-order valence-electron chi connectivity index (χ1n) is 15.4. The van der Waals surface area contributed by atoms with Crippen LogP contribution in [-0.4, -0.2) is 61.3 Å². The zero-order valence-corrected chi connectivity index (χ0v) is 24.0. The molecule has 0 bridgehead atoms. The standard InChI is InChI=1S/C30H60N2O4/c1-3-5-7-9-11-16-20-27-36-30(35)22-17-13-12-15-19-25-32(24-18-14-10-8-6-4-2)26-21-23-31-29(34)28-33/h33H,3-28H2,1-2H3,(H,31,34). The van der Waals surface area contributed by atoms with Crippen LogP contribution in [0.2, 0.25) is 0 Å². The number of rotatable bonds is 28. The maximum atomic E-state index is 11.9. The summed E-state index contributed by atoms with van der Waals surface area (Å²) in [7, 11) is 0. The molecule has 0 aromatic rings. The Morgan fingerprint density at radius 3 is 1.67 bits per heavy atom. The molecule has 214 valence electrons. The Balaban J connectivity index is 3.80. The highest BCUT2D eigenvalue weighted by molar-refractivity contribution is 5.76. The average molecular weight is 513 g/mol. The van der Waals surface area contributed by atoms with Crippen molar-refractivity contribution < 1.29 is 19.4 Å². The highest BCUT2D eigenvalue weighted by atomic mass is 16.5. The lowest BCUT2D eigenvalue weighted by Crippen LogP contribution is -2.32. The third kappa shape index (κ3) is 25.9. The van der Waals surface area contributed by atoms with E-state index in [9.17, 15) is 9.59 Å². The van der Waals surface area contributed by atoms with Crippen LogP contribution in [0.4, 0.5) is 0 Å². The number of amides is 1. The van der Waals surface area contributed by atoms with E-state index >= 15 is 0 Å². The van der Waals surface area contributed by atoms with Crippen LogP contribution >= 0.6 is 0 Å². The van der Waals surface area contributed by atoms with Crippen LogP contribution in [-0.2, 0) is 14.3 Å². The van der Waals surface area contributed by atoms with E-state index in [2.05, 4.69) is 24.1 Å². The number of nitrogens with one attached hydrogen (secondary N) is 1. The van der Waals surface area contributed by atoms with E-state index in [1.807, 2.05) is 0 Å². The summed E-state index contributed by atoms with van der Waals surface area (Å²) in [6.07, 6.45) is 23.6. The molecule has 6 nitrogen and oxygen atoms in total. The summed E-state index contributed by atoms with van der Waals surface area (Å²) < 4.78 is 5.38. The van der Waals surface area contributed by atoms with Crippen LogP contribution in [0.5, 0.6) is 0 Å². The molecular weight excluding hydrogens is 452 g/mol. The zero-order valence-electron chi connectivity index (χ0n) is 24.0. The van der Waals surface area contributed by atoms with Crippen LogP contribution in [0.1, 0.15) is 142 Å². The SMILES string of the molecule is CCCCCCCCCOC(=O)CCCCCCCN(CCCCCCCC)CCCNC(=O)CO. The van der Waals surface area contributed by atoms with Crippen molar-refractivity contribution >= 4 is 11.9 Å². The Morgan fingerprint density at radius 2 is 1.11 bits per heavy atom. The van der Waals surface area contributed by atoms with Gasteiger partial charge in [0.1, 0.15) is 6.61 Å². The molecule has 2 N–H and O–H groups in total. The molecule has 0 aliphatic heterocycles. The summed E-state index contributed by atoms with van der Waals surface area (Å²) in [5, 5.41) is 11.6. The topological polar surface area (TPSA) is 78.9 Å². The molecule has 0 fully saturated rings. The normalized spacial score (nSPS) is 11.2. The third-order valence-corrected chi connectivity index (χ3v) is 6.81. The van der Waals surface area contributed by atoms with Gasteiger partial charge in [-0.3, -0.25) is 9.59 Å². The molecule has 0 saturated heterocycles. The van der Waals surface area contributed by atoms with Gasteiger partial charge >= 0.3 is 5.97 Å². The fourth-order valence-electron chi connectivity index (χ4n) is 4.49. The summed E-state index contributed by atoms with van der Waals surface area (Å²) in [5.41, 5.74) is 0. The van der Waals surface area contributed by atoms with Gasteiger partial charge in [0.05, 0.1) is 6.61 Å². The van der Waals surface area contributed by atoms with Crippen LogP contribution < -0.4 is 5.32 Å². The number of aliphatic hydroxyl groups is 1. The number of ether oxygens (including phenoxy) is 1. The minimum absolute atomic E-state index is 0.0283. The Bertz CT molecular complexity index is 488. The number of carbonyl (C=O) groups is 2. The second-order valence-electron chi connectivity index (χ2n) is 10.3. The molecule has 1 amide bonds.